The molecule has 1 heterocycles. The van der Waals surface area contributed by atoms with Crippen LogP contribution in [0.25, 0.3) is 0 Å². The van der Waals surface area contributed by atoms with Gasteiger partial charge >= 0.3 is 0 Å². The van der Waals surface area contributed by atoms with Crippen molar-refractivity contribution in [1.82, 2.24) is 4.98 Å². The first kappa shape index (κ1) is 15.6. The van der Waals surface area contributed by atoms with Crippen molar-refractivity contribution in [3.63, 3.8) is 0 Å². The standard InChI is InChI=1S/C14H15ClN2O3S/c1-3-17(12-9-11(18)7-6-10(12)2)21(19,20)13-5-4-8-16-14(13)15/h4-9,18H,3H2,1-2H3. The largest absolute Gasteiger partial charge is 0.508 e. The van der Waals surface area contributed by atoms with Crippen molar-refractivity contribution in [2.45, 2.75) is 18.7 Å². The van der Waals surface area contributed by atoms with Gasteiger partial charge in [-0.05, 0) is 37.6 Å². The number of nitrogens with zero attached hydrogens (tertiary/aromatic N) is 2. The molecule has 0 saturated carbocycles. The molecule has 1 aromatic carbocycles. The van der Waals surface area contributed by atoms with Crippen LogP contribution in [0.3, 0.4) is 0 Å². The zero-order valence-electron chi connectivity index (χ0n) is 11.6. The number of aromatic hydroxyl groups is 1. The van der Waals surface area contributed by atoms with E-state index in [1.807, 2.05) is 0 Å². The van der Waals surface area contributed by atoms with Gasteiger partial charge in [-0.15, -0.1) is 0 Å². The van der Waals surface area contributed by atoms with E-state index in [0.717, 1.165) is 5.56 Å². The fourth-order valence-electron chi connectivity index (χ4n) is 2.02. The molecule has 0 aliphatic heterocycles. The molecule has 0 bridgehead atoms. The van der Waals surface area contributed by atoms with Crippen LogP contribution in [0.4, 0.5) is 5.69 Å². The Bertz CT molecular complexity index is 763. The molecule has 0 saturated heterocycles. The molecule has 5 nitrogen and oxygen atoms in total. The Morgan fingerprint density at radius 2 is 2.05 bits per heavy atom. The van der Waals surface area contributed by atoms with Crippen molar-refractivity contribution in [1.29, 1.82) is 0 Å². The van der Waals surface area contributed by atoms with E-state index in [1.54, 1.807) is 19.9 Å². The number of aryl methyl sites for hydroxylation is 1. The minimum Gasteiger partial charge on any atom is -0.508 e. The number of phenols is 1. The Balaban J connectivity index is 2.60. The molecule has 112 valence electrons. The normalized spacial score (nSPS) is 11.4. The van der Waals surface area contributed by atoms with Gasteiger partial charge in [-0.2, -0.15) is 0 Å². The second-order valence-corrected chi connectivity index (χ2v) is 6.62. The zero-order chi connectivity index (χ0) is 15.6. The number of hydrogen-bond donors (Lipinski definition) is 1. The molecular weight excluding hydrogens is 312 g/mol. The van der Waals surface area contributed by atoms with Crippen molar-refractivity contribution >= 4 is 27.3 Å². The summed E-state index contributed by atoms with van der Waals surface area (Å²) in [5.41, 5.74) is 1.15. The van der Waals surface area contributed by atoms with Crippen LogP contribution in [0.15, 0.2) is 41.4 Å². The van der Waals surface area contributed by atoms with Gasteiger partial charge in [0.1, 0.15) is 15.8 Å². The van der Waals surface area contributed by atoms with E-state index in [2.05, 4.69) is 4.98 Å². The molecule has 7 heteroatoms. The number of pyridine rings is 1. The molecule has 0 atom stereocenters. The van der Waals surface area contributed by atoms with Gasteiger partial charge < -0.3 is 5.11 Å². The summed E-state index contributed by atoms with van der Waals surface area (Å²) in [6.07, 6.45) is 1.43. The van der Waals surface area contributed by atoms with Crippen molar-refractivity contribution in [2.24, 2.45) is 0 Å². The minimum atomic E-state index is -3.85. The molecule has 1 aromatic heterocycles. The third-order valence-corrected chi connectivity index (χ3v) is 5.38. The topological polar surface area (TPSA) is 70.5 Å². The lowest BCUT2D eigenvalue weighted by molar-refractivity contribution is 0.475. The summed E-state index contributed by atoms with van der Waals surface area (Å²) >= 11 is 5.90. The Kier molecular flexibility index (Phi) is 4.39. The van der Waals surface area contributed by atoms with Crippen LogP contribution in [0, 0.1) is 6.92 Å². The molecule has 0 aliphatic rings. The number of anilines is 1. The predicted octanol–water partition coefficient (Wildman–Crippen LogP) is 2.96. The molecular formula is C14H15ClN2O3S. The number of hydrogen-bond acceptors (Lipinski definition) is 4. The minimum absolute atomic E-state index is 0.00142. The molecule has 1 N–H and O–H groups in total. The summed E-state index contributed by atoms with van der Waals surface area (Å²) in [4.78, 5) is 3.75. The van der Waals surface area contributed by atoms with Crippen molar-refractivity contribution in [3.05, 3.63) is 47.2 Å². The second-order valence-electron chi connectivity index (χ2n) is 4.43. The smallest absolute Gasteiger partial charge is 0.267 e. The van der Waals surface area contributed by atoms with Crippen LogP contribution >= 0.6 is 11.6 Å². The maximum Gasteiger partial charge on any atom is 0.267 e. The third kappa shape index (κ3) is 2.96. The van der Waals surface area contributed by atoms with Crippen LogP contribution < -0.4 is 4.31 Å². The Morgan fingerprint density at radius 3 is 2.67 bits per heavy atom. The van der Waals surface area contributed by atoms with E-state index in [0.29, 0.717) is 5.69 Å². The number of aromatic nitrogens is 1. The molecule has 2 aromatic rings. The number of benzene rings is 1. The maximum absolute atomic E-state index is 12.8. The monoisotopic (exact) mass is 326 g/mol. The van der Waals surface area contributed by atoms with Gasteiger partial charge in [0.2, 0.25) is 0 Å². The van der Waals surface area contributed by atoms with Crippen molar-refractivity contribution < 1.29 is 13.5 Å². The number of phenolic OH excluding ortho intramolecular Hbond substituents is 1. The van der Waals surface area contributed by atoms with E-state index >= 15 is 0 Å². The summed E-state index contributed by atoms with van der Waals surface area (Å²) < 4.78 is 26.7. The fraction of sp³-hybridized carbons (Fsp3) is 0.214. The van der Waals surface area contributed by atoms with Gasteiger partial charge in [0, 0.05) is 18.8 Å². The molecule has 0 amide bonds. The number of rotatable bonds is 4. The van der Waals surface area contributed by atoms with E-state index in [-0.39, 0.29) is 22.3 Å². The van der Waals surface area contributed by atoms with Gasteiger partial charge in [-0.1, -0.05) is 17.7 Å². The van der Waals surface area contributed by atoms with E-state index in [9.17, 15) is 13.5 Å². The SMILES string of the molecule is CCN(c1cc(O)ccc1C)S(=O)(=O)c1cccnc1Cl. The molecule has 0 aliphatic carbocycles. The highest BCUT2D eigenvalue weighted by molar-refractivity contribution is 7.93. The third-order valence-electron chi connectivity index (χ3n) is 3.04. The Labute approximate surface area is 128 Å². The molecule has 2 rings (SSSR count). The van der Waals surface area contributed by atoms with Gasteiger partial charge in [0.25, 0.3) is 10.0 Å². The van der Waals surface area contributed by atoms with Crippen LogP contribution in [0.5, 0.6) is 5.75 Å². The zero-order valence-corrected chi connectivity index (χ0v) is 13.2. The fourth-order valence-corrected chi connectivity index (χ4v) is 3.98. The first-order chi connectivity index (χ1) is 9.87. The average Bonchev–Trinajstić information content (AvgIpc) is 2.43. The highest BCUT2D eigenvalue weighted by Gasteiger charge is 2.27. The molecule has 0 radical (unpaired) electrons. The van der Waals surface area contributed by atoms with Crippen LogP contribution in [-0.4, -0.2) is 25.1 Å². The lowest BCUT2D eigenvalue weighted by atomic mass is 10.2. The Morgan fingerprint density at radius 1 is 1.33 bits per heavy atom. The quantitative estimate of drug-likeness (QED) is 0.877. The van der Waals surface area contributed by atoms with E-state index < -0.39 is 10.0 Å². The summed E-state index contributed by atoms with van der Waals surface area (Å²) in [6, 6.07) is 7.51. The number of sulfonamides is 1. The maximum atomic E-state index is 12.8. The first-order valence-corrected chi connectivity index (χ1v) is 8.12. The molecule has 21 heavy (non-hydrogen) atoms. The number of halogens is 1. The lowest BCUT2D eigenvalue weighted by Gasteiger charge is -2.24. The summed E-state index contributed by atoms with van der Waals surface area (Å²) in [5, 5.41) is 9.54. The molecule has 0 spiro atoms. The summed E-state index contributed by atoms with van der Waals surface area (Å²) in [6.45, 7) is 3.70. The highest BCUT2D eigenvalue weighted by Crippen LogP contribution is 2.31. The summed E-state index contributed by atoms with van der Waals surface area (Å²) in [7, 11) is -3.85. The first-order valence-electron chi connectivity index (χ1n) is 6.30. The van der Waals surface area contributed by atoms with Crippen molar-refractivity contribution in [3.8, 4) is 5.75 Å². The van der Waals surface area contributed by atoms with Gasteiger partial charge in [0.15, 0.2) is 0 Å². The summed E-state index contributed by atoms with van der Waals surface area (Å²) in [5.74, 6) is 0.00142. The second kappa shape index (κ2) is 5.91. The lowest BCUT2D eigenvalue weighted by Crippen LogP contribution is -2.31. The van der Waals surface area contributed by atoms with Gasteiger partial charge in [-0.3, -0.25) is 4.31 Å². The molecule has 0 unspecified atom stereocenters. The van der Waals surface area contributed by atoms with Crippen molar-refractivity contribution in [2.75, 3.05) is 10.8 Å². The van der Waals surface area contributed by atoms with E-state index in [1.165, 1.54) is 34.8 Å². The molecule has 0 fully saturated rings. The average molecular weight is 327 g/mol. The Hall–Kier alpha value is -1.79. The van der Waals surface area contributed by atoms with Gasteiger partial charge in [-0.25, -0.2) is 13.4 Å². The van der Waals surface area contributed by atoms with Gasteiger partial charge in [0.05, 0.1) is 5.69 Å². The van der Waals surface area contributed by atoms with Crippen LogP contribution in [0.1, 0.15) is 12.5 Å². The van der Waals surface area contributed by atoms with E-state index in [4.69, 9.17) is 11.6 Å². The predicted molar refractivity (Wildman–Crippen MR) is 82.3 cm³/mol. The van der Waals surface area contributed by atoms with Crippen LogP contribution in [-0.2, 0) is 10.0 Å². The highest BCUT2D eigenvalue weighted by atomic mass is 35.5. The van der Waals surface area contributed by atoms with Crippen LogP contribution in [0.2, 0.25) is 5.15 Å².